The van der Waals surface area contributed by atoms with Gasteiger partial charge in [0.05, 0.1) is 13.5 Å². The van der Waals surface area contributed by atoms with Gasteiger partial charge in [-0.05, 0) is 68.4 Å². The van der Waals surface area contributed by atoms with E-state index in [1.54, 1.807) is 7.11 Å². The molecule has 1 aromatic heterocycles. The van der Waals surface area contributed by atoms with E-state index in [0.29, 0.717) is 25.1 Å². The lowest BCUT2D eigenvalue weighted by Gasteiger charge is -2.32. The zero-order chi connectivity index (χ0) is 22.8. The number of amides is 2. The molecule has 2 N–H and O–H groups in total. The highest BCUT2D eigenvalue weighted by Crippen LogP contribution is 2.30. The number of hydrogen-bond donors (Lipinski definition) is 2. The van der Waals surface area contributed by atoms with Crippen LogP contribution in [-0.2, 0) is 24.1 Å². The average molecular weight is 446 g/mol. The standard InChI is InChI=1S/C27H31N3O3/c1-33-25-9-5-2-6-18(25)17-26(31)30-14-12-20(13-15-30)28-27(32)19-10-11-24-22(16-19)21-7-3-4-8-23(21)29-24/h2,5-6,9-11,16,20,29H,3-4,7-8,12-15,17H2,1H3,(H,28,32). The van der Waals surface area contributed by atoms with E-state index >= 15 is 0 Å². The Hall–Kier alpha value is -3.28. The predicted molar refractivity (Wildman–Crippen MR) is 129 cm³/mol. The fourth-order valence-electron chi connectivity index (χ4n) is 5.21. The highest BCUT2D eigenvalue weighted by molar-refractivity contribution is 5.99. The predicted octanol–water partition coefficient (Wildman–Crippen LogP) is 4.02. The number of piperidine rings is 1. The summed E-state index contributed by atoms with van der Waals surface area (Å²) >= 11 is 0. The summed E-state index contributed by atoms with van der Waals surface area (Å²) in [6.07, 6.45) is 6.50. The number of para-hydroxylation sites is 1. The third kappa shape index (κ3) is 4.47. The topological polar surface area (TPSA) is 74.4 Å². The van der Waals surface area contributed by atoms with Crippen molar-refractivity contribution in [3.05, 3.63) is 64.8 Å². The molecule has 0 radical (unpaired) electrons. The van der Waals surface area contributed by atoms with Crippen LogP contribution >= 0.6 is 0 Å². The molecule has 1 saturated heterocycles. The van der Waals surface area contributed by atoms with Gasteiger partial charge in [0.25, 0.3) is 5.91 Å². The van der Waals surface area contributed by atoms with Crippen molar-refractivity contribution in [3.8, 4) is 5.75 Å². The highest BCUT2D eigenvalue weighted by atomic mass is 16.5. The molecule has 172 valence electrons. The van der Waals surface area contributed by atoms with Crippen LogP contribution in [0.15, 0.2) is 42.5 Å². The largest absolute Gasteiger partial charge is 0.496 e. The minimum atomic E-state index is -0.0264. The Labute approximate surface area is 194 Å². The lowest BCUT2D eigenvalue weighted by Crippen LogP contribution is -2.47. The molecule has 6 heteroatoms. The van der Waals surface area contributed by atoms with Crippen molar-refractivity contribution in [1.82, 2.24) is 15.2 Å². The summed E-state index contributed by atoms with van der Waals surface area (Å²) in [5.41, 5.74) is 5.46. The van der Waals surface area contributed by atoms with Crippen molar-refractivity contribution in [2.24, 2.45) is 0 Å². The SMILES string of the molecule is COc1ccccc1CC(=O)N1CCC(NC(=O)c2ccc3[nH]c4c(c3c2)CCCC4)CC1. The molecular weight excluding hydrogens is 414 g/mol. The van der Waals surface area contributed by atoms with Crippen molar-refractivity contribution in [2.75, 3.05) is 20.2 Å². The van der Waals surface area contributed by atoms with Crippen LogP contribution in [0.5, 0.6) is 5.75 Å². The number of aryl methyl sites for hydroxylation is 2. The van der Waals surface area contributed by atoms with Crippen LogP contribution in [-0.4, -0.2) is 47.9 Å². The van der Waals surface area contributed by atoms with Gasteiger partial charge in [-0.2, -0.15) is 0 Å². The maximum atomic E-state index is 13.0. The molecule has 1 fully saturated rings. The lowest BCUT2D eigenvalue weighted by molar-refractivity contribution is -0.131. The molecular formula is C27H31N3O3. The molecule has 1 aliphatic carbocycles. The first-order chi connectivity index (χ1) is 16.1. The Morgan fingerprint density at radius 2 is 1.88 bits per heavy atom. The van der Waals surface area contributed by atoms with Crippen LogP contribution in [0.25, 0.3) is 10.9 Å². The minimum absolute atomic E-state index is 0.0264. The Bertz CT molecular complexity index is 1170. The monoisotopic (exact) mass is 445 g/mol. The number of benzene rings is 2. The van der Waals surface area contributed by atoms with Crippen LogP contribution in [0.2, 0.25) is 0 Å². The summed E-state index contributed by atoms with van der Waals surface area (Å²) < 4.78 is 5.37. The van der Waals surface area contributed by atoms with E-state index in [-0.39, 0.29) is 17.9 Å². The van der Waals surface area contributed by atoms with Gasteiger partial charge in [-0.3, -0.25) is 9.59 Å². The first-order valence-corrected chi connectivity index (χ1v) is 12.0. The number of carbonyl (C=O) groups excluding carboxylic acids is 2. The second-order valence-electron chi connectivity index (χ2n) is 9.17. The van der Waals surface area contributed by atoms with E-state index in [2.05, 4.69) is 10.3 Å². The highest BCUT2D eigenvalue weighted by Gasteiger charge is 2.25. The van der Waals surface area contributed by atoms with Crippen LogP contribution in [0, 0.1) is 0 Å². The molecule has 0 unspecified atom stereocenters. The third-order valence-corrected chi connectivity index (χ3v) is 7.08. The number of methoxy groups -OCH3 is 1. The second-order valence-corrected chi connectivity index (χ2v) is 9.17. The van der Waals surface area contributed by atoms with E-state index in [4.69, 9.17) is 4.74 Å². The molecule has 6 nitrogen and oxygen atoms in total. The number of carbonyl (C=O) groups is 2. The molecule has 2 amide bonds. The van der Waals surface area contributed by atoms with E-state index < -0.39 is 0 Å². The molecule has 2 aliphatic rings. The number of aromatic amines is 1. The number of H-pyrrole nitrogens is 1. The summed E-state index contributed by atoms with van der Waals surface area (Å²) in [4.78, 5) is 31.2. The van der Waals surface area contributed by atoms with Crippen molar-refractivity contribution < 1.29 is 14.3 Å². The number of rotatable bonds is 5. The lowest BCUT2D eigenvalue weighted by atomic mass is 9.95. The molecule has 0 spiro atoms. The summed E-state index contributed by atoms with van der Waals surface area (Å²) in [5, 5.41) is 4.38. The van der Waals surface area contributed by atoms with E-state index in [9.17, 15) is 9.59 Å². The van der Waals surface area contributed by atoms with Crippen LogP contribution in [0.3, 0.4) is 0 Å². The Kier molecular flexibility index (Phi) is 6.07. The van der Waals surface area contributed by atoms with Gasteiger partial charge in [0, 0.05) is 46.9 Å². The average Bonchev–Trinajstić information content (AvgIpc) is 3.22. The van der Waals surface area contributed by atoms with E-state index in [1.807, 2.05) is 47.4 Å². The van der Waals surface area contributed by atoms with Gasteiger partial charge >= 0.3 is 0 Å². The van der Waals surface area contributed by atoms with Gasteiger partial charge < -0.3 is 19.9 Å². The maximum Gasteiger partial charge on any atom is 0.251 e. The number of hydrogen-bond acceptors (Lipinski definition) is 3. The van der Waals surface area contributed by atoms with Gasteiger partial charge in [0.1, 0.15) is 5.75 Å². The molecule has 33 heavy (non-hydrogen) atoms. The van der Waals surface area contributed by atoms with Gasteiger partial charge in [0.15, 0.2) is 0 Å². The smallest absolute Gasteiger partial charge is 0.251 e. The third-order valence-electron chi connectivity index (χ3n) is 7.08. The van der Waals surface area contributed by atoms with Gasteiger partial charge in [0.2, 0.25) is 5.91 Å². The molecule has 5 rings (SSSR count). The first kappa shape index (κ1) is 21.6. The van der Waals surface area contributed by atoms with Crippen LogP contribution < -0.4 is 10.1 Å². The number of fused-ring (bicyclic) bond motifs is 3. The number of nitrogens with zero attached hydrogens (tertiary/aromatic N) is 1. The molecule has 1 aliphatic heterocycles. The zero-order valence-electron chi connectivity index (χ0n) is 19.2. The normalized spacial score (nSPS) is 16.5. The van der Waals surface area contributed by atoms with Crippen LogP contribution in [0.4, 0.5) is 0 Å². The molecule has 2 heterocycles. The van der Waals surface area contributed by atoms with Crippen molar-refractivity contribution in [2.45, 2.75) is 51.0 Å². The number of aromatic nitrogens is 1. The van der Waals surface area contributed by atoms with Gasteiger partial charge in [-0.1, -0.05) is 18.2 Å². The first-order valence-electron chi connectivity index (χ1n) is 12.0. The number of nitrogens with one attached hydrogen (secondary N) is 2. The van der Waals surface area contributed by atoms with Crippen molar-refractivity contribution in [1.29, 1.82) is 0 Å². The molecule has 0 saturated carbocycles. The molecule has 0 atom stereocenters. The molecule has 0 bridgehead atoms. The molecule has 2 aromatic carbocycles. The number of likely N-dealkylation sites (tertiary alicyclic amines) is 1. The fourth-order valence-corrected chi connectivity index (χ4v) is 5.21. The maximum absolute atomic E-state index is 13.0. The Balaban J connectivity index is 1.18. The summed E-state index contributed by atoms with van der Waals surface area (Å²) in [5.74, 6) is 0.821. The van der Waals surface area contributed by atoms with Crippen LogP contribution in [0.1, 0.15) is 52.9 Å². The van der Waals surface area contributed by atoms with E-state index in [1.165, 1.54) is 29.5 Å². The van der Waals surface area contributed by atoms with Gasteiger partial charge in [-0.15, -0.1) is 0 Å². The second kappa shape index (κ2) is 9.30. The molecule has 3 aromatic rings. The fraction of sp³-hybridized carbons (Fsp3) is 0.407. The quantitative estimate of drug-likeness (QED) is 0.623. The summed E-state index contributed by atoms with van der Waals surface area (Å²) in [6.45, 7) is 1.31. The summed E-state index contributed by atoms with van der Waals surface area (Å²) in [7, 11) is 1.63. The summed E-state index contributed by atoms with van der Waals surface area (Å²) in [6, 6.07) is 13.7. The minimum Gasteiger partial charge on any atom is -0.496 e. The van der Waals surface area contributed by atoms with Crippen molar-refractivity contribution >= 4 is 22.7 Å². The Morgan fingerprint density at radius 1 is 1.09 bits per heavy atom. The van der Waals surface area contributed by atoms with E-state index in [0.717, 1.165) is 42.5 Å². The number of ether oxygens (including phenoxy) is 1. The van der Waals surface area contributed by atoms with Crippen molar-refractivity contribution in [3.63, 3.8) is 0 Å². The zero-order valence-corrected chi connectivity index (χ0v) is 19.2. The van der Waals surface area contributed by atoms with Gasteiger partial charge in [-0.25, -0.2) is 0 Å². The Morgan fingerprint density at radius 3 is 2.70 bits per heavy atom.